The Morgan fingerprint density at radius 1 is 1.50 bits per heavy atom. The Bertz CT molecular complexity index is 328. The predicted octanol–water partition coefficient (Wildman–Crippen LogP) is 0.917. The summed E-state index contributed by atoms with van der Waals surface area (Å²) in [6.45, 7) is 1.31. The number of carbonyl (C=O) groups is 1. The van der Waals surface area contributed by atoms with Crippen LogP contribution in [0.4, 0.5) is 5.69 Å². The average molecular weight is 193 g/mol. The van der Waals surface area contributed by atoms with Crippen LogP contribution in [0.3, 0.4) is 0 Å². The zero-order valence-electron chi connectivity index (χ0n) is 7.70. The van der Waals surface area contributed by atoms with Crippen LogP contribution >= 0.6 is 0 Å². The number of anilines is 1. The molecule has 0 atom stereocenters. The Balaban J connectivity index is 2.90. The zero-order chi connectivity index (χ0) is 10.6. The van der Waals surface area contributed by atoms with Crippen molar-refractivity contribution in [3.63, 3.8) is 0 Å². The molecule has 1 aromatic rings. The quantitative estimate of drug-likeness (QED) is 0.282. The maximum atomic E-state index is 10.7. The molecule has 5 nitrogen and oxygen atoms in total. The molecule has 0 unspecified atom stereocenters. The number of nitrogens with one attached hydrogen (secondary N) is 2. The lowest BCUT2D eigenvalue weighted by molar-refractivity contribution is -0.131. The Hall–Kier alpha value is -2.04. The summed E-state index contributed by atoms with van der Waals surface area (Å²) in [4.78, 5) is 10.7. The van der Waals surface area contributed by atoms with Crippen LogP contribution in [0.25, 0.3) is 0 Å². The third-order valence-corrected chi connectivity index (χ3v) is 1.41. The summed E-state index contributed by atoms with van der Waals surface area (Å²) in [5.74, 6) is -0.261. The molecule has 0 spiro atoms. The van der Waals surface area contributed by atoms with Crippen molar-refractivity contribution in [2.24, 2.45) is 5.73 Å². The summed E-state index contributed by atoms with van der Waals surface area (Å²) in [6.07, 6.45) is 0. The molecule has 5 heteroatoms. The molecule has 0 aromatic heterocycles. The van der Waals surface area contributed by atoms with Crippen molar-refractivity contribution < 1.29 is 9.53 Å². The molecular formula is C9H11N3O2. The molecule has 0 saturated heterocycles. The number of benzene rings is 1. The Morgan fingerprint density at radius 3 is 2.71 bits per heavy atom. The number of para-hydroxylation sites is 2. The minimum atomic E-state index is -0.414. The molecule has 0 aliphatic rings. The number of hydrogen-bond donors (Lipinski definition) is 3. The Labute approximate surface area is 81.4 Å². The highest BCUT2D eigenvalue weighted by atomic mass is 16.5. The maximum Gasteiger partial charge on any atom is 0.308 e. The summed E-state index contributed by atoms with van der Waals surface area (Å²) in [5, 5.41) is 9.60. The molecule has 0 heterocycles. The van der Waals surface area contributed by atoms with Crippen molar-refractivity contribution in [2.45, 2.75) is 6.92 Å². The number of nitrogens with two attached hydrogens (primary N) is 1. The van der Waals surface area contributed by atoms with E-state index >= 15 is 0 Å². The second kappa shape index (κ2) is 4.27. The van der Waals surface area contributed by atoms with E-state index in [0.29, 0.717) is 11.4 Å². The van der Waals surface area contributed by atoms with Gasteiger partial charge in [-0.25, -0.2) is 0 Å². The van der Waals surface area contributed by atoms with Gasteiger partial charge in [-0.15, -0.1) is 0 Å². The van der Waals surface area contributed by atoms with Gasteiger partial charge in [-0.05, 0) is 12.1 Å². The van der Waals surface area contributed by atoms with Crippen molar-refractivity contribution in [2.75, 3.05) is 5.32 Å². The van der Waals surface area contributed by atoms with Crippen LogP contribution in [-0.2, 0) is 4.79 Å². The maximum absolute atomic E-state index is 10.7. The van der Waals surface area contributed by atoms with E-state index in [1.165, 1.54) is 6.92 Å². The number of carbonyl (C=O) groups excluding carboxylic acids is 1. The third-order valence-electron chi connectivity index (χ3n) is 1.41. The SMILES string of the molecule is CC(=O)Oc1ccccc1NC(=N)N. The van der Waals surface area contributed by atoms with Crippen LogP contribution in [0.5, 0.6) is 5.75 Å². The number of guanidine groups is 1. The Morgan fingerprint density at radius 2 is 2.14 bits per heavy atom. The molecule has 1 rings (SSSR count). The fourth-order valence-corrected chi connectivity index (χ4v) is 0.959. The van der Waals surface area contributed by atoms with Crippen LogP contribution < -0.4 is 15.8 Å². The summed E-state index contributed by atoms with van der Waals surface area (Å²) in [5.41, 5.74) is 5.65. The second-order valence-corrected chi connectivity index (χ2v) is 2.63. The largest absolute Gasteiger partial charge is 0.424 e. The van der Waals surface area contributed by atoms with Crippen molar-refractivity contribution in [1.29, 1.82) is 5.41 Å². The third kappa shape index (κ3) is 2.78. The molecule has 14 heavy (non-hydrogen) atoms. The highest BCUT2D eigenvalue weighted by Gasteiger charge is 2.04. The van der Waals surface area contributed by atoms with E-state index in [4.69, 9.17) is 15.9 Å². The Kier molecular flexibility index (Phi) is 3.06. The van der Waals surface area contributed by atoms with Crippen molar-refractivity contribution >= 4 is 17.6 Å². The predicted molar refractivity (Wildman–Crippen MR) is 53.3 cm³/mol. The molecule has 0 aliphatic heterocycles. The second-order valence-electron chi connectivity index (χ2n) is 2.63. The monoisotopic (exact) mass is 193 g/mol. The average Bonchev–Trinajstić information content (AvgIpc) is 2.06. The number of ether oxygens (including phenoxy) is 1. The number of esters is 1. The van der Waals surface area contributed by atoms with Crippen LogP contribution in [0.1, 0.15) is 6.92 Å². The van der Waals surface area contributed by atoms with Gasteiger partial charge in [-0.3, -0.25) is 10.2 Å². The standard InChI is InChI=1S/C9H11N3O2/c1-6(13)14-8-5-3-2-4-7(8)12-9(10)11/h2-5H,1H3,(H4,10,11,12). The molecule has 0 saturated carbocycles. The van der Waals surface area contributed by atoms with Gasteiger partial charge in [-0.1, -0.05) is 12.1 Å². The first kappa shape index (κ1) is 10.0. The van der Waals surface area contributed by atoms with Crippen molar-refractivity contribution in [3.05, 3.63) is 24.3 Å². The smallest absolute Gasteiger partial charge is 0.308 e. The first-order valence-corrected chi connectivity index (χ1v) is 3.98. The highest BCUT2D eigenvalue weighted by Crippen LogP contribution is 2.23. The number of rotatable bonds is 2. The summed E-state index contributed by atoms with van der Waals surface area (Å²) >= 11 is 0. The van der Waals surface area contributed by atoms with Gasteiger partial charge in [0.25, 0.3) is 0 Å². The van der Waals surface area contributed by atoms with Crippen molar-refractivity contribution in [3.8, 4) is 5.75 Å². The molecule has 0 fully saturated rings. The summed E-state index contributed by atoms with van der Waals surface area (Å²) in [7, 11) is 0. The van der Waals surface area contributed by atoms with Gasteiger partial charge in [0.2, 0.25) is 0 Å². The van der Waals surface area contributed by atoms with Crippen LogP contribution in [-0.4, -0.2) is 11.9 Å². The van der Waals surface area contributed by atoms with E-state index in [0.717, 1.165) is 0 Å². The summed E-state index contributed by atoms with van der Waals surface area (Å²) < 4.78 is 4.89. The lowest BCUT2D eigenvalue weighted by Gasteiger charge is -2.09. The molecule has 1 aromatic carbocycles. The number of hydrogen-bond acceptors (Lipinski definition) is 3. The lowest BCUT2D eigenvalue weighted by atomic mass is 10.3. The van der Waals surface area contributed by atoms with Gasteiger partial charge in [0.05, 0.1) is 5.69 Å². The van der Waals surface area contributed by atoms with Gasteiger partial charge < -0.3 is 15.8 Å². The molecule has 0 bridgehead atoms. The summed E-state index contributed by atoms with van der Waals surface area (Å²) in [6, 6.07) is 6.76. The minimum absolute atomic E-state index is 0.204. The van der Waals surface area contributed by atoms with Crippen LogP contribution in [0.2, 0.25) is 0 Å². The first-order chi connectivity index (χ1) is 6.59. The molecular weight excluding hydrogens is 182 g/mol. The van der Waals surface area contributed by atoms with Gasteiger partial charge >= 0.3 is 5.97 Å². The van der Waals surface area contributed by atoms with Crippen LogP contribution in [0.15, 0.2) is 24.3 Å². The van der Waals surface area contributed by atoms with Crippen LogP contribution in [0, 0.1) is 5.41 Å². The molecule has 0 radical (unpaired) electrons. The molecule has 74 valence electrons. The van der Waals surface area contributed by atoms with Gasteiger partial charge in [0.15, 0.2) is 11.7 Å². The lowest BCUT2D eigenvalue weighted by Crippen LogP contribution is -2.21. The fraction of sp³-hybridized carbons (Fsp3) is 0.111. The van der Waals surface area contributed by atoms with E-state index in [1.807, 2.05) is 0 Å². The fourth-order valence-electron chi connectivity index (χ4n) is 0.959. The van der Waals surface area contributed by atoms with E-state index in [2.05, 4.69) is 5.32 Å². The van der Waals surface area contributed by atoms with E-state index < -0.39 is 5.97 Å². The molecule has 0 aliphatic carbocycles. The first-order valence-electron chi connectivity index (χ1n) is 3.98. The van der Waals surface area contributed by atoms with Gasteiger partial charge in [0.1, 0.15) is 0 Å². The zero-order valence-corrected chi connectivity index (χ0v) is 7.70. The van der Waals surface area contributed by atoms with E-state index in [-0.39, 0.29) is 5.96 Å². The van der Waals surface area contributed by atoms with Gasteiger partial charge in [0, 0.05) is 6.92 Å². The van der Waals surface area contributed by atoms with Crippen molar-refractivity contribution in [1.82, 2.24) is 0 Å². The van der Waals surface area contributed by atoms with E-state index in [9.17, 15) is 4.79 Å². The minimum Gasteiger partial charge on any atom is -0.424 e. The van der Waals surface area contributed by atoms with E-state index in [1.54, 1.807) is 24.3 Å². The highest BCUT2D eigenvalue weighted by molar-refractivity contribution is 5.91. The normalized spacial score (nSPS) is 9.21. The topological polar surface area (TPSA) is 88.2 Å². The molecule has 4 N–H and O–H groups in total. The molecule has 0 amide bonds. The van der Waals surface area contributed by atoms with Gasteiger partial charge in [-0.2, -0.15) is 0 Å².